The van der Waals surface area contributed by atoms with Crippen molar-refractivity contribution < 1.29 is 4.74 Å². The normalized spacial score (nSPS) is 22.5. The first-order valence-corrected chi connectivity index (χ1v) is 6.97. The zero-order valence-corrected chi connectivity index (χ0v) is 12.0. The number of nitrogens with zero attached hydrogens (tertiary/aromatic N) is 1. The summed E-state index contributed by atoms with van der Waals surface area (Å²) in [4.78, 5) is 2.60. The van der Waals surface area contributed by atoms with E-state index < -0.39 is 0 Å². The molecule has 0 saturated carbocycles. The molecule has 0 aromatic carbocycles. The van der Waals surface area contributed by atoms with E-state index >= 15 is 0 Å². The van der Waals surface area contributed by atoms with Crippen LogP contribution in [0.5, 0.6) is 0 Å². The predicted octanol–water partition coefficient (Wildman–Crippen LogP) is 3.56. The summed E-state index contributed by atoms with van der Waals surface area (Å²) >= 11 is 0. The van der Waals surface area contributed by atoms with Gasteiger partial charge in [-0.1, -0.05) is 27.7 Å². The molecule has 1 fully saturated rings. The van der Waals surface area contributed by atoms with Gasteiger partial charge in [0, 0.05) is 13.7 Å². The molecule has 0 aromatic heterocycles. The summed E-state index contributed by atoms with van der Waals surface area (Å²) in [5.41, 5.74) is 0. The molecule has 1 heterocycles. The van der Waals surface area contributed by atoms with Crippen molar-refractivity contribution in [3.63, 3.8) is 0 Å². The van der Waals surface area contributed by atoms with Gasteiger partial charge in [0.25, 0.3) is 0 Å². The van der Waals surface area contributed by atoms with Gasteiger partial charge in [-0.3, -0.25) is 0 Å². The highest BCUT2D eigenvalue weighted by atomic mass is 16.5. The van der Waals surface area contributed by atoms with E-state index in [-0.39, 0.29) is 0 Å². The molecule has 1 atom stereocenters. The van der Waals surface area contributed by atoms with E-state index in [0.717, 1.165) is 5.92 Å². The number of hydrogen-bond donors (Lipinski definition) is 0. The molecule has 1 aliphatic rings. The van der Waals surface area contributed by atoms with Crippen molar-refractivity contribution in [2.75, 3.05) is 26.7 Å². The van der Waals surface area contributed by atoms with Gasteiger partial charge in [0.1, 0.15) is 0 Å². The Kier molecular flexibility index (Phi) is 10.0. The van der Waals surface area contributed by atoms with Gasteiger partial charge in [-0.25, -0.2) is 0 Å². The molecule has 2 nitrogen and oxygen atoms in total. The minimum absolute atomic E-state index is 0.513. The highest BCUT2D eigenvalue weighted by molar-refractivity contribution is 4.70. The predicted molar refractivity (Wildman–Crippen MR) is 71.9 cm³/mol. The number of likely N-dealkylation sites (tertiary alicyclic amines) is 1. The highest BCUT2D eigenvalue weighted by Crippen LogP contribution is 2.14. The second-order valence-electron chi connectivity index (χ2n) is 4.81. The zero-order valence-electron chi connectivity index (χ0n) is 12.0. The van der Waals surface area contributed by atoms with E-state index in [0.29, 0.717) is 6.10 Å². The largest absolute Gasteiger partial charge is 0.381 e. The second-order valence-corrected chi connectivity index (χ2v) is 4.81. The van der Waals surface area contributed by atoms with Crippen LogP contribution < -0.4 is 0 Å². The number of methoxy groups -OCH3 is 1. The van der Waals surface area contributed by atoms with Crippen LogP contribution in [0.25, 0.3) is 0 Å². The smallest absolute Gasteiger partial charge is 0.0584 e. The first kappa shape index (κ1) is 15.9. The molecule has 0 spiro atoms. The minimum Gasteiger partial charge on any atom is -0.381 e. The molecule has 0 aromatic rings. The summed E-state index contributed by atoms with van der Waals surface area (Å²) in [5, 5.41) is 0. The topological polar surface area (TPSA) is 12.5 Å². The van der Waals surface area contributed by atoms with Crippen LogP contribution in [0.1, 0.15) is 53.4 Å². The lowest BCUT2D eigenvalue weighted by molar-refractivity contribution is 0.0896. The van der Waals surface area contributed by atoms with Crippen LogP contribution >= 0.6 is 0 Å². The zero-order chi connectivity index (χ0) is 12.4. The van der Waals surface area contributed by atoms with Crippen LogP contribution in [-0.4, -0.2) is 37.7 Å². The Labute approximate surface area is 102 Å². The maximum atomic E-state index is 5.42. The van der Waals surface area contributed by atoms with Gasteiger partial charge in [-0.2, -0.15) is 0 Å². The van der Waals surface area contributed by atoms with Crippen molar-refractivity contribution >= 4 is 0 Å². The molecular formula is C14H31NO. The molecule has 16 heavy (non-hydrogen) atoms. The van der Waals surface area contributed by atoms with Crippen molar-refractivity contribution in [3.8, 4) is 0 Å². The summed E-state index contributed by atoms with van der Waals surface area (Å²) in [6, 6.07) is 0. The molecule has 2 heteroatoms. The van der Waals surface area contributed by atoms with Crippen LogP contribution in [0.15, 0.2) is 0 Å². The second kappa shape index (κ2) is 10.1. The molecule has 1 aliphatic heterocycles. The Morgan fingerprint density at radius 3 is 2.44 bits per heavy atom. The standard InChI is InChI=1S/C12H25NO.C2H6/c1-11(2)6-9-13-8-4-5-12(14-3)7-10-13;1-2/h11-12H,4-10H2,1-3H3;1-2H3. The van der Waals surface area contributed by atoms with E-state index in [1.165, 1.54) is 45.3 Å². The quantitative estimate of drug-likeness (QED) is 0.731. The Morgan fingerprint density at radius 2 is 1.88 bits per heavy atom. The van der Waals surface area contributed by atoms with Crippen molar-refractivity contribution in [1.82, 2.24) is 4.90 Å². The van der Waals surface area contributed by atoms with Gasteiger partial charge in [0.2, 0.25) is 0 Å². The van der Waals surface area contributed by atoms with Crippen LogP contribution in [0.4, 0.5) is 0 Å². The Hall–Kier alpha value is -0.0800. The molecular weight excluding hydrogens is 198 g/mol. The van der Waals surface area contributed by atoms with Gasteiger partial charge in [-0.15, -0.1) is 0 Å². The first-order chi connectivity index (χ1) is 7.72. The summed E-state index contributed by atoms with van der Waals surface area (Å²) in [6.07, 6.45) is 5.61. The monoisotopic (exact) mass is 229 g/mol. The maximum absolute atomic E-state index is 5.42. The van der Waals surface area contributed by atoms with E-state index in [2.05, 4.69) is 18.7 Å². The van der Waals surface area contributed by atoms with Gasteiger partial charge in [0.05, 0.1) is 6.10 Å². The number of rotatable bonds is 4. The molecule has 0 amide bonds. The molecule has 0 aliphatic carbocycles. The van der Waals surface area contributed by atoms with E-state index in [4.69, 9.17) is 4.74 Å². The van der Waals surface area contributed by atoms with Crippen LogP contribution in [-0.2, 0) is 4.74 Å². The van der Waals surface area contributed by atoms with Crippen LogP contribution in [0.2, 0.25) is 0 Å². The van der Waals surface area contributed by atoms with Crippen molar-refractivity contribution in [1.29, 1.82) is 0 Å². The van der Waals surface area contributed by atoms with Gasteiger partial charge >= 0.3 is 0 Å². The molecule has 98 valence electrons. The van der Waals surface area contributed by atoms with Gasteiger partial charge in [-0.05, 0) is 44.7 Å². The lowest BCUT2D eigenvalue weighted by atomic mass is 10.1. The molecule has 0 bridgehead atoms. The van der Waals surface area contributed by atoms with Crippen molar-refractivity contribution in [2.24, 2.45) is 5.92 Å². The van der Waals surface area contributed by atoms with E-state index in [9.17, 15) is 0 Å². The maximum Gasteiger partial charge on any atom is 0.0584 e. The average Bonchev–Trinajstić information content (AvgIpc) is 2.54. The minimum atomic E-state index is 0.513. The summed E-state index contributed by atoms with van der Waals surface area (Å²) in [6.45, 7) is 12.4. The molecule has 1 rings (SSSR count). The van der Waals surface area contributed by atoms with E-state index in [1.807, 2.05) is 21.0 Å². The van der Waals surface area contributed by atoms with Gasteiger partial charge in [0.15, 0.2) is 0 Å². The fraction of sp³-hybridized carbons (Fsp3) is 1.00. The van der Waals surface area contributed by atoms with E-state index in [1.54, 1.807) is 0 Å². The Balaban J connectivity index is 0.00000106. The van der Waals surface area contributed by atoms with Crippen LogP contribution in [0, 0.1) is 5.92 Å². The highest BCUT2D eigenvalue weighted by Gasteiger charge is 2.15. The fourth-order valence-corrected chi connectivity index (χ4v) is 2.03. The third-order valence-corrected chi connectivity index (χ3v) is 3.12. The lowest BCUT2D eigenvalue weighted by Crippen LogP contribution is -2.27. The molecule has 0 N–H and O–H groups in total. The number of ether oxygens (including phenoxy) is 1. The van der Waals surface area contributed by atoms with Crippen molar-refractivity contribution in [3.05, 3.63) is 0 Å². The SMILES string of the molecule is CC.COC1CCCN(CCC(C)C)CC1. The summed E-state index contributed by atoms with van der Waals surface area (Å²) < 4.78 is 5.42. The molecule has 1 saturated heterocycles. The third-order valence-electron chi connectivity index (χ3n) is 3.12. The van der Waals surface area contributed by atoms with Crippen molar-refractivity contribution in [2.45, 2.75) is 59.5 Å². The lowest BCUT2D eigenvalue weighted by Gasteiger charge is -2.20. The average molecular weight is 229 g/mol. The number of hydrogen-bond acceptors (Lipinski definition) is 2. The molecule has 1 unspecified atom stereocenters. The van der Waals surface area contributed by atoms with Crippen LogP contribution in [0.3, 0.4) is 0 Å². The molecule has 0 radical (unpaired) electrons. The Morgan fingerprint density at radius 1 is 1.19 bits per heavy atom. The fourth-order valence-electron chi connectivity index (χ4n) is 2.03. The van der Waals surface area contributed by atoms with Gasteiger partial charge < -0.3 is 9.64 Å². The summed E-state index contributed by atoms with van der Waals surface area (Å²) in [5.74, 6) is 0.830. The summed E-state index contributed by atoms with van der Waals surface area (Å²) in [7, 11) is 1.84. The Bertz CT molecular complexity index is 148. The third kappa shape index (κ3) is 7.24. The first-order valence-electron chi connectivity index (χ1n) is 6.97.